The van der Waals surface area contributed by atoms with Crippen LogP contribution in [0.3, 0.4) is 0 Å². The number of nitrogens with zero attached hydrogens (tertiary/aromatic N) is 2. The van der Waals surface area contributed by atoms with E-state index >= 15 is 0 Å². The lowest BCUT2D eigenvalue weighted by Gasteiger charge is -2.35. The van der Waals surface area contributed by atoms with Gasteiger partial charge in [0.25, 0.3) is 0 Å². The number of benzene rings is 1. The van der Waals surface area contributed by atoms with Gasteiger partial charge < -0.3 is 16.0 Å². The van der Waals surface area contributed by atoms with Crippen LogP contribution in [0, 0.1) is 0 Å². The third kappa shape index (κ3) is 3.62. The van der Waals surface area contributed by atoms with Gasteiger partial charge in [-0.25, -0.2) is 0 Å². The summed E-state index contributed by atoms with van der Waals surface area (Å²) in [4.78, 5) is 2.27. The lowest BCUT2D eigenvalue weighted by Crippen LogP contribution is -2.42. The molecule has 1 saturated heterocycles. The average molecular weight is 298 g/mol. The molecule has 110 valence electrons. The van der Waals surface area contributed by atoms with E-state index in [4.69, 9.17) is 22.5 Å². The summed E-state index contributed by atoms with van der Waals surface area (Å²) in [5.74, 6) is 0.0486. The molecule has 0 saturated carbocycles. The number of rotatable bonds is 3. The normalized spacial score (nSPS) is 20.1. The van der Waals surface area contributed by atoms with E-state index in [2.05, 4.69) is 10.1 Å². The number of likely N-dealkylation sites (tertiary alicyclic amines) is 1. The zero-order valence-electron chi connectivity index (χ0n) is 11.5. The summed E-state index contributed by atoms with van der Waals surface area (Å²) in [7, 11) is 0. The van der Waals surface area contributed by atoms with Crippen molar-refractivity contribution >= 4 is 17.4 Å². The van der Waals surface area contributed by atoms with Crippen molar-refractivity contribution in [2.45, 2.75) is 31.9 Å². The molecule has 0 bridgehead atoms. The quantitative estimate of drug-likeness (QED) is 0.344. The number of halogens is 1. The van der Waals surface area contributed by atoms with Crippen LogP contribution in [0.1, 0.15) is 30.9 Å². The summed E-state index contributed by atoms with van der Waals surface area (Å²) in [6.07, 6.45) is 1.54. The van der Waals surface area contributed by atoms with E-state index in [0.717, 1.165) is 38.0 Å². The molecule has 1 aliphatic rings. The number of amidine groups is 1. The van der Waals surface area contributed by atoms with Gasteiger partial charge >= 0.3 is 0 Å². The van der Waals surface area contributed by atoms with Gasteiger partial charge in [-0.1, -0.05) is 28.9 Å². The number of oxime groups is 1. The minimum absolute atomic E-state index is 0.0486. The van der Waals surface area contributed by atoms with Crippen LogP contribution in [0.25, 0.3) is 0 Å². The zero-order chi connectivity index (χ0) is 14.8. The predicted octanol–water partition coefficient (Wildman–Crippen LogP) is 1.78. The minimum atomic E-state index is -0.545. The van der Waals surface area contributed by atoms with Crippen molar-refractivity contribution in [3.8, 4) is 0 Å². The average Bonchev–Trinajstić information content (AvgIpc) is 2.42. The Morgan fingerprint density at radius 2 is 2.10 bits per heavy atom. The summed E-state index contributed by atoms with van der Waals surface area (Å²) >= 11 is 6.24. The topological polar surface area (TPSA) is 82.1 Å². The summed E-state index contributed by atoms with van der Waals surface area (Å²) in [6.45, 7) is 4.32. The minimum Gasteiger partial charge on any atom is -0.409 e. The second-order valence-corrected chi connectivity index (χ2v) is 5.97. The van der Waals surface area contributed by atoms with Gasteiger partial charge in [-0.3, -0.25) is 4.90 Å². The highest BCUT2D eigenvalue weighted by Gasteiger charge is 2.27. The van der Waals surface area contributed by atoms with Crippen LogP contribution in [0.5, 0.6) is 0 Å². The number of aliphatic hydroxyl groups is 1. The number of hydrogen-bond donors (Lipinski definition) is 3. The summed E-state index contributed by atoms with van der Waals surface area (Å²) < 4.78 is 0. The number of hydrogen-bond acceptors (Lipinski definition) is 4. The Labute approximate surface area is 123 Å². The molecule has 2 rings (SSSR count). The van der Waals surface area contributed by atoms with E-state index in [1.807, 2.05) is 13.0 Å². The van der Waals surface area contributed by atoms with Crippen LogP contribution in [-0.4, -0.2) is 39.7 Å². The van der Waals surface area contributed by atoms with Crippen LogP contribution < -0.4 is 5.73 Å². The van der Waals surface area contributed by atoms with Gasteiger partial charge in [0.2, 0.25) is 0 Å². The largest absolute Gasteiger partial charge is 0.409 e. The smallest absolute Gasteiger partial charge is 0.170 e. The molecule has 20 heavy (non-hydrogen) atoms. The van der Waals surface area contributed by atoms with E-state index in [9.17, 15) is 5.11 Å². The highest BCUT2D eigenvalue weighted by molar-refractivity contribution is 6.31. The molecular formula is C14H20ClN3O2. The standard InChI is InChI=1S/C14H20ClN3O2/c1-14(19)4-6-18(7-5-14)9-11-3-2-10(8-12(11)15)13(16)17-20/h2-3,8,19-20H,4-7,9H2,1H3,(H2,16,17). The van der Waals surface area contributed by atoms with Gasteiger partial charge in [0.1, 0.15) is 0 Å². The molecule has 1 aromatic rings. The summed E-state index contributed by atoms with van der Waals surface area (Å²) in [6, 6.07) is 5.38. The highest BCUT2D eigenvalue weighted by Crippen LogP contribution is 2.25. The molecule has 0 atom stereocenters. The van der Waals surface area contributed by atoms with Crippen molar-refractivity contribution in [3.63, 3.8) is 0 Å². The van der Waals surface area contributed by atoms with Crippen molar-refractivity contribution in [2.75, 3.05) is 13.1 Å². The van der Waals surface area contributed by atoms with E-state index < -0.39 is 5.60 Å². The second-order valence-electron chi connectivity index (χ2n) is 5.56. The first-order chi connectivity index (χ1) is 9.41. The number of nitrogens with two attached hydrogens (primary N) is 1. The Kier molecular flexibility index (Phi) is 4.52. The first-order valence-corrected chi connectivity index (χ1v) is 7.00. The molecule has 0 radical (unpaired) electrons. The lowest BCUT2D eigenvalue weighted by atomic mass is 9.93. The molecular weight excluding hydrogens is 278 g/mol. The third-order valence-corrected chi connectivity index (χ3v) is 4.14. The number of piperidine rings is 1. The maximum atomic E-state index is 9.93. The highest BCUT2D eigenvalue weighted by atomic mass is 35.5. The molecule has 1 heterocycles. The third-order valence-electron chi connectivity index (χ3n) is 3.78. The molecule has 0 amide bonds. The molecule has 1 aromatic carbocycles. The van der Waals surface area contributed by atoms with Gasteiger partial charge in [0.05, 0.1) is 5.60 Å². The van der Waals surface area contributed by atoms with E-state index in [-0.39, 0.29) is 5.84 Å². The maximum Gasteiger partial charge on any atom is 0.170 e. The van der Waals surface area contributed by atoms with E-state index in [0.29, 0.717) is 10.6 Å². The molecule has 1 fully saturated rings. The van der Waals surface area contributed by atoms with Crippen molar-refractivity contribution in [1.82, 2.24) is 4.90 Å². The maximum absolute atomic E-state index is 9.93. The van der Waals surface area contributed by atoms with Gasteiger partial charge in [0, 0.05) is 30.2 Å². The predicted molar refractivity (Wildman–Crippen MR) is 79.1 cm³/mol. The Hall–Kier alpha value is -1.30. The van der Waals surface area contributed by atoms with Crippen LogP contribution >= 0.6 is 11.6 Å². The van der Waals surface area contributed by atoms with Crippen LogP contribution in [0.4, 0.5) is 0 Å². The molecule has 5 nitrogen and oxygen atoms in total. The van der Waals surface area contributed by atoms with Crippen molar-refractivity contribution in [2.24, 2.45) is 10.9 Å². The van der Waals surface area contributed by atoms with Crippen molar-refractivity contribution in [1.29, 1.82) is 0 Å². The first kappa shape index (κ1) is 15.1. The Bertz CT molecular complexity index is 507. The van der Waals surface area contributed by atoms with E-state index in [1.54, 1.807) is 12.1 Å². The Morgan fingerprint density at radius 3 is 2.65 bits per heavy atom. The lowest BCUT2D eigenvalue weighted by molar-refractivity contribution is -0.00729. The van der Waals surface area contributed by atoms with Gasteiger partial charge in [0.15, 0.2) is 5.84 Å². The van der Waals surface area contributed by atoms with Crippen LogP contribution in [0.2, 0.25) is 5.02 Å². The summed E-state index contributed by atoms with van der Waals surface area (Å²) in [5.41, 5.74) is 6.59. The summed E-state index contributed by atoms with van der Waals surface area (Å²) in [5, 5.41) is 22.1. The molecule has 6 heteroatoms. The molecule has 0 unspecified atom stereocenters. The SMILES string of the molecule is CC1(O)CCN(Cc2ccc(/C(N)=N/O)cc2Cl)CC1. The fraction of sp³-hybridized carbons (Fsp3) is 0.500. The van der Waals surface area contributed by atoms with Gasteiger partial charge in [-0.05, 0) is 31.4 Å². The molecule has 0 spiro atoms. The zero-order valence-corrected chi connectivity index (χ0v) is 12.3. The first-order valence-electron chi connectivity index (χ1n) is 6.62. The van der Waals surface area contributed by atoms with Gasteiger partial charge in [-0.15, -0.1) is 0 Å². The van der Waals surface area contributed by atoms with Crippen molar-refractivity contribution < 1.29 is 10.3 Å². The molecule has 0 aromatic heterocycles. The monoisotopic (exact) mass is 297 g/mol. The fourth-order valence-corrected chi connectivity index (χ4v) is 2.57. The van der Waals surface area contributed by atoms with E-state index in [1.165, 1.54) is 0 Å². The van der Waals surface area contributed by atoms with Crippen molar-refractivity contribution in [3.05, 3.63) is 34.3 Å². The Morgan fingerprint density at radius 1 is 1.45 bits per heavy atom. The van der Waals surface area contributed by atoms with Crippen LogP contribution in [0.15, 0.2) is 23.4 Å². The molecule has 0 aliphatic carbocycles. The molecule has 4 N–H and O–H groups in total. The Balaban J connectivity index is 2.04. The molecule has 1 aliphatic heterocycles. The van der Waals surface area contributed by atoms with Gasteiger partial charge in [-0.2, -0.15) is 0 Å². The fourth-order valence-electron chi connectivity index (χ4n) is 2.33. The van der Waals surface area contributed by atoms with Crippen LogP contribution in [-0.2, 0) is 6.54 Å². The second kappa shape index (κ2) is 5.99.